The first-order valence-corrected chi connectivity index (χ1v) is 4.77. The van der Waals surface area contributed by atoms with Gasteiger partial charge in [0.05, 0.1) is 29.3 Å². The van der Waals surface area contributed by atoms with Gasteiger partial charge in [-0.25, -0.2) is 4.98 Å². The van der Waals surface area contributed by atoms with Crippen LogP contribution in [0.25, 0.3) is 0 Å². The van der Waals surface area contributed by atoms with Gasteiger partial charge in [-0.15, -0.1) is 11.3 Å². The molecule has 1 aromatic rings. The third-order valence-corrected chi connectivity index (χ3v) is 2.46. The number of nitrogens with zero attached hydrogens (tertiary/aromatic N) is 1. The fraction of sp³-hybridized carbons (Fsp3) is 0.200. The van der Waals surface area contributed by atoms with Crippen molar-refractivity contribution in [2.75, 3.05) is 5.73 Å². The number of carbonyl (C=O) groups is 1. The minimum Gasteiger partial charge on any atom is -0.383 e. The van der Waals surface area contributed by atoms with E-state index >= 15 is 0 Å². The van der Waals surface area contributed by atoms with E-state index in [1.165, 1.54) is 11.3 Å². The molecule has 0 aliphatic carbocycles. The molecule has 0 saturated heterocycles. The molecule has 4 nitrogen and oxygen atoms in total. The number of nitrogens with two attached hydrogens (primary N) is 1. The molecular formula is C5H6IN3OS. The average molecular weight is 283 g/mol. The Bertz CT molecular complexity index is 262. The van der Waals surface area contributed by atoms with Crippen LogP contribution in [0.15, 0.2) is 5.38 Å². The maximum atomic E-state index is 10.8. The lowest BCUT2D eigenvalue weighted by molar-refractivity contribution is -0.118. The quantitative estimate of drug-likeness (QED) is 0.621. The van der Waals surface area contributed by atoms with E-state index in [0.29, 0.717) is 12.2 Å². The third kappa shape index (κ3) is 2.62. The fourth-order valence-electron chi connectivity index (χ4n) is 0.577. The van der Waals surface area contributed by atoms with Gasteiger partial charge in [0.15, 0.2) is 0 Å². The topological polar surface area (TPSA) is 68.0 Å². The molecular weight excluding hydrogens is 277 g/mol. The molecule has 0 unspecified atom stereocenters. The molecule has 0 aliphatic rings. The van der Waals surface area contributed by atoms with Crippen LogP contribution in [-0.4, -0.2) is 10.9 Å². The van der Waals surface area contributed by atoms with Crippen LogP contribution < -0.4 is 9.26 Å². The Morgan fingerprint density at radius 3 is 3.09 bits per heavy atom. The van der Waals surface area contributed by atoms with Gasteiger partial charge in [0.2, 0.25) is 5.91 Å². The van der Waals surface area contributed by atoms with Crippen molar-refractivity contribution in [3.05, 3.63) is 10.4 Å². The molecule has 6 heteroatoms. The van der Waals surface area contributed by atoms with Gasteiger partial charge in [-0.05, 0) is 0 Å². The van der Waals surface area contributed by atoms with Gasteiger partial charge in [0.25, 0.3) is 0 Å². The number of rotatable bonds is 2. The van der Waals surface area contributed by atoms with Crippen molar-refractivity contribution in [2.24, 2.45) is 0 Å². The summed E-state index contributed by atoms with van der Waals surface area (Å²) in [4.78, 5) is 14.7. The lowest BCUT2D eigenvalue weighted by atomic mass is 10.4. The van der Waals surface area contributed by atoms with Crippen molar-refractivity contribution < 1.29 is 4.79 Å². The maximum Gasteiger partial charge on any atom is 0.235 e. The second-order valence-corrected chi connectivity index (χ2v) is 3.34. The van der Waals surface area contributed by atoms with E-state index in [1.54, 1.807) is 28.2 Å². The number of hydrogen-bond acceptors (Lipinski definition) is 4. The molecule has 60 valence electrons. The highest BCUT2D eigenvalue weighted by molar-refractivity contribution is 14.1. The van der Waals surface area contributed by atoms with Crippen LogP contribution in [0.5, 0.6) is 0 Å². The van der Waals surface area contributed by atoms with Crippen molar-refractivity contribution in [2.45, 2.75) is 6.42 Å². The zero-order valence-corrected chi connectivity index (χ0v) is 8.48. The van der Waals surface area contributed by atoms with Crippen LogP contribution in [0.1, 0.15) is 5.01 Å². The van der Waals surface area contributed by atoms with Gasteiger partial charge in [0, 0.05) is 5.38 Å². The maximum absolute atomic E-state index is 10.8. The third-order valence-electron chi connectivity index (χ3n) is 0.987. The number of thiazole rings is 1. The van der Waals surface area contributed by atoms with Crippen LogP contribution in [0.4, 0.5) is 5.82 Å². The van der Waals surface area contributed by atoms with Crippen LogP contribution in [0, 0.1) is 0 Å². The van der Waals surface area contributed by atoms with E-state index in [1.807, 2.05) is 0 Å². The van der Waals surface area contributed by atoms with Crippen LogP contribution in [-0.2, 0) is 11.2 Å². The molecule has 1 heterocycles. The summed E-state index contributed by atoms with van der Waals surface area (Å²) in [6.07, 6.45) is 0.310. The highest BCUT2D eigenvalue weighted by atomic mass is 127. The summed E-state index contributed by atoms with van der Waals surface area (Å²) in [7, 11) is 0. The zero-order valence-electron chi connectivity index (χ0n) is 5.50. The number of amides is 1. The molecule has 1 amide bonds. The van der Waals surface area contributed by atoms with Gasteiger partial charge in [-0.1, -0.05) is 0 Å². The van der Waals surface area contributed by atoms with Crippen LogP contribution in [0.2, 0.25) is 0 Å². The molecule has 0 spiro atoms. The van der Waals surface area contributed by atoms with E-state index in [0.717, 1.165) is 5.01 Å². The molecule has 0 saturated carbocycles. The Balaban J connectivity index is 2.57. The summed E-state index contributed by atoms with van der Waals surface area (Å²) in [5.74, 6) is 0.422. The molecule has 0 atom stereocenters. The van der Waals surface area contributed by atoms with E-state index in [4.69, 9.17) is 5.73 Å². The molecule has 3 N–H and O–H groups in total. The van der Waals surface area contributed by atoms with E-state index in [9.17, 15) is 4.79 Å². The largest absolute Gasteiger partial charge is 0.383 e. The molecule has 0 bridgehead atoms. The Labute approximate surface area is 81.7 Å². The van der Waals surface area contributed by atoms with Crippen molar-refractivity contribution in [1.29, 1.82) is 0 Å². The van der Waals surface area contributed by atoms with Crippen molar-refractivity contribution in [1.82, 2.24) is 8.51 Å². The molecule has 0 aliphatic heterocycles. The first kappa shape index (κ1) is 8.72. The predicted octanol–water partition coefficient (Wildman–Crippen LogP) is 0.734. The number of nitrogens with one attached hydrogen (secondary N) is 1. The van der Waals surface area contributed by atoms with Crippen LogP contribution in [0.3, 0.4) is 0 Å². The van der Waals surface area contributed by atoms with Crippen LogP contribution >= 0.6 is 34.2 Å². The lowest BCUT2D eigenvalue weighted by Crippen LogP contribution is -2.13. The standard InChI is InChI=1S/C5H6IN3OS/c6-9-4(10)1-5-8-3(7)2-11-5/h2H,1,7H2,(H,9,10). The summed E-state index contributed by atoms with van der Waals surface area (Å²) in [6.45, 7) is 0. The fourth-order valence-corrected chi connectivity index (χ4v) is 1.45. The van der Waals surface area contributed by atoms with Gasteiger partial charge < -0.3 is 5.73 Å². The second-order valence-electron chi connectivity index (χ2n) is 1.86. The van der Waals surface area contributed by atoms with Gasteiger partial charge >= 0.3 is 0 Å². The molecule has 1 rings (SSSR count). The second kappa shape index (κ2) is 3.86. The summed E-state index contributed by atoms with van der Waals surface area (Å²) in [5, 5.41) is 2.46. The number of carbonyl (C=O) groups excluding carboxylic acids is 1. The highest BCUT2D eigenvalue weighted by Crippen LogP contribution is 2.11. The zero-order chi connectivity index (χ0) is 8.27. The van der Waals surface area contributed by atoms with Gasteiger partial charge in [0.1, 0.15) is 10.8 Å². The SMILES string of the molecule is Nc1csc(CC(=O)NI)n1. The molecule has 0 fully saturated rings. The van der Waals surface area contributed by atoms with E-state index in [-0.39, 0.29) is 5.91 Å². The molecule has 11 heavy (non-hydrogen) atoms. The number of aromatic nitrogens is 1. The Kier molecular flexibility index (Phi) is 3.06. The lowest BCUT2D eigenvalue weighted by Gasteiger charge is -1.91. The molecule has 0 radical (unpaired) electrons. The normalized spacial score (nSPS) is 9.55. The van der Waals surface area contributed by atoms with Gasteiger partial charge in [-0.2, -0.15) is 0 Å². The first-order chi connectivity index (χ1) is 5.22. The van der Waals surface area contributed by atoms with E-state index < -0.39 is 0 Å². The summed E-state index contributed by atoms with van der Waals surface area (Å²) >= 11 is 3.19. The average Bonchev–Trinajstić information content (AvgIpc) is 2.35. The van der Waals surface area contributed by atoms with Crippen molar-refractivity contribution in [3.8, 4) is 0 Å². The Morgan fingerprint density at radius 2 is 2.64 bits per heavy atom. The highest BCUT2D eigenvalue weighted by Gasteiger charge is 2.04. The summed E-state index contributed by atoms with van der Waals surface area (Å²) in [5.41, 5.74) is 5.36. The van der Waals surface area contributed by atoms with Crippen molar-refractivity contribution >= 4 is 45.9 Å². The molecule has 1 aromatic heterocycles. The Hall–Kier alpha value is -0.370. The first-order valence-electron chi connectivity index (χ1n) is 2.81. The number of anilines is 1. The van der Waals surface area contributed by atoms with Gasteiger partial charge in [-0.3, -0.25) is 8.32 Å². The summed E-state index contributed by atoms with van der Waals surface area (Å²) in [6, 6.07) is 0. The number of halogens is 1. The van der Waals surface area contributed by atoms with Crippen molar-refractivity contribution in [3.63, 3.8) is 0 Å². The smallest absolute Gasteiger partial charge is 0.235 e. The Morgan fingerprint density at radius 1 is 1.91 bits per heavy atom. The number of hydrogen-bond donors (Lipinski definition) is 2. The molecule has 0 aromatic carbocycles. The number of nitrogen functional groups attached to an aromatic ring is 1. The van der Waals surface area contributed by atoms with E-state index in [2.05, 4.69) is 8.51 Å². The minimum atomic E-state index is -0.0556. The predicted molar refractivity (Wildman–Crippen MR) is 52.4 cm³/mol. The summed E-state index contributed by atoms with van der Waals surface area (Å²) < 4.78 is 2.48. The monoisotopic (exact) mass is 283 g/mol. The minimum absolute atomic E-state index is 0.0556.